The van der Waals surface area contributed by atoms with Gasteiger partial charge in [0.2, 0.25) is 0 Å². The van der Waals surface area contributed by atoms with Crippen LogP contribution >= 0.6 is 23.1 Å². The third-order valence-corrected chi connectivity index (χ3v) is 5.64. The first-order valence-electron chi connectivity index (χ1n) is 7.60. The molecule has 0 N–H and O–H groups in total. The van der Waals surface area contributed by atoms with Gasteiger partial charge in [-0.05, 0) is 27.2 Å². The van der Waals surface area contributed by atoms with Crippen molar-refractivity contribution in [3.63, 3.8) is 0 Å². The molecule has 8 heteroatoms. The molecule has 0 radical (unpaired) electrons. The fourth-order valence-electron chi connectivity index (χ4n) is 2.26. The lowest BCUT2D eigenvalue weighted by Gasteiger charge is -2.04. The molecule has 2 heterocycles. The summed E-state index contributed by atoms with van der Waals surface area (Å²) < 4.78 is 7.54. The number of aryl methyl sites for hydroxylation is 2. The Labute approximate surface area is 144 Å². The lowest BCUT2D eigenvalue weighted by Crippen LogP contribution is -2.14. The fraction of sp³-hybridized carbons (Fsp3) is 0.600. The minimum Gasteiger partial charge on any atom is -0.468 e. The second kappa shape index (κ2) is 7.92. The number of unbranched alkanes of at least 4 members (excludes halogenated alkanes) is 1. The molecule has 0 aliphatic rings. The molecule has 0 aliphatic heterocycles. The van der Waals surface area contributed by atoms with Crippen LogP contribution in [0.5, 0.6) is 0 Å². The molecule has 23 heavy (non-hydrogen) atoms. The average Bonchev–Trinajstić information content (AvgIpc) is 3.08. The summed E-state index contributed by atoms with van der Waals surface area (Å²) in [4.78, 5) is 11.5. The molecule has 2 aromatic rings. The molecule has 0 spiro atoms. The number of methoxy groups -OCH3 is 1. The average molecular weight is 355 g/mol. The van der Waals surface area contributed by atoms with Crippen LogP contribution in [0.1, 0.15) is 38.1 Å². The fourth-order valence-corrected chi connectivity index (χ4v) is 4.43. The Bertz CT molecular complexity index is 681. The number of aromatic nitrogens is 4. The van der Waals surface area contributed by atoms with Gasteiger partial charge in [-0.25, -0.2) is 0 Å². The van der Waals surface area contributed by atoms with Gasteiger partial charge in [-0.15, -0.1) is 10.2 Å². The van der Waals surface area contributed by atoms with Gasteiger partial charge in [0.05, 0.1) is 18.4 Å². The van der Waals surface area contributed by atoms with Crippen molar-refractivity contribution in [1.29, 1.82) is 0 Å². The van der Waals surface area contributed by atoms with E-state index in [1.807, 2.05) is 11.6 Å². The van der Waals surface area contributed by atoms with Crippen molar-refractivity contribution < 1.29 is 9.53 Å². The van der Waals surface area contributed by atoms with Crippen LogP contribution in [0.2, 0.25) is 0 Å². The molecule has 126 valence electrons. The second-order valence-electron chi connectivity index (χ2n) is 5.28. The van der Waals surface area contributed by atoms with Gasteiger partial charge in [0.15, 0.2) is 9.35 Å². The van der Waals surface area contributed by atoms with Crippen LogP contribution in [-0.2, 0) is 16.1 Å². The first-order valence-corrected chi connectivity index (χ1v) is 9.29. The summed E-state index contributed by atoms with van der Waals surface area (Å²) in [5, 5.41) is 13.6. The number of ether oxygens (including phenoxy) is 1. The van der Waals surface area contributed by atoms with Crippen LogP contribution in [0.4, 0.5) is 0 Å². The highest BCUT2D eigenvalue weighted by atomic mass is 32.2. The summed E-state index contributed by atoms with van der Waals surface area (Å²) in [5.41, 5.74) is 3.13. The van der Waals surface area contributed by atoms with E-state index < -0.39 is 0 Å². The molecule has 0 aliphatic carbocycles. The van der Waals surface area contributed by atoms with Gasteiger partial charge >= 0.3 is 5.97 Å². The molecule has 2 rings (SSSR count). The summed E-state index contributed by atoms with van der Waals surface area (Å²) in [6.45, 7) is 8.95. The molecule has 0 aromatic carbocycles. The maximum absolute atomic E-state index is 11.5. The standard InChI is InChI=1S/C15H22N4O2S2/c1-6-7-8-19-10(3)12(9(2)18-19)13-16-17-15(23-13)22-11(4)14(20)21-5/h11H,6-8H2,1-5H3. The van der Waals surface area contributed by atoms with Crippen LogP contribution in [0.25, 0.3) is 10.6 Å². The van der Waals surface area contributed by atoms with E-state index in [-0.39, 0.29) is 11.2 Å². The van der Waals surface area contributed by atoms with Crippen molar-refractivity contribution in [1.82, 2.24) is 20.0 Å². The van der Waals surface area contributed by atoms with Crippen molar-refractivity contribution >= 4 is 29.1 Å². The monoisotopic (exact) mass is 354 g/mol. The van der Waals surface area contributed by atoms with E-state index in [2.05, 4.69) is 29.1 Å². The number of hydrogen-bond acceptors (Lipinski definition) is 7. The number of thioether (sulfide) groups is 1. The van der Waals surface area contributed by atoms with Crippen LogP contribution in [0.3, 0.4) is 0 Å². The van der Waals surface area contributed by atoms with Gasteiger partial charge in [-0.1, -0.05) is 36.4 Å². The van der Waals surface area contributed by atoms with E-state index in [1.54, 1.807) is 6.92 Å². The van der Waals surface area contributed by atoms with Gasteiger partial charge in [0.25, 0.3) is 0 Å². The molecular weight excluding hydrogens is 332 g/mol. The van der Waals surface area contributed by atoms with Crippen LogP contribution in [0.15, 0.2) is 4.34 Å². The Kier molecular flexibility index (Phi) is 6.17. The van der Waals surface area contributed by atoms with E-state index in [4.69, 9.17) is 4.74 Å². The summed E-state index contributed by atoms with van der Waals surface area (Å²) in [7, 11) is 1.39. The zero-order valence-corrected chi connectivity index (χ0v) is 15.8. The molecule has 0 fully saturated rings. The van der Waals surface area contributed by atoms with Crippen LogP contribution in [-0.4, -0.2) is 38.3 Å². The Hall–Kier alpha value is -1.41. The van der Waals surface area contributed by atoms with Gasteiger partial charge in [0, 0.05) is 12.2 Å². The second-order valence-corrected chi connectivity index (χ2v) is 7.84. The smallest absolute Gasteiger partial charge is 0.318 e. The zero-order valence-electron chi connectivity index (χ0n) is 14.1. The quantitative estimate of drug-likeness (QED) is 0.560. The number of carbonyl (C=O) groups is 1. The number of nitrogens with zero attached hydrogens (tertiary/aromatic N) is 4. The van der Waals surface area contributed by atoms with Crippen molar-refractivity contribution in [3.05, 3.63) is 11.4 Å². The van der Waals surface area contributed by atoms with Crippen LogP contribution < -0.4 is 0 Å². The van der Waals surface area contributed by atoms with Gasteiger partial charge in [-0.3, -0.25) is 9.48 Å². The number of hydrogen-bond donors (Lipinski definition) is 0. The predicted octanol–water partition coefficient (Wildman–Crippen LogP) is 3.47. The summed E-state index contributed by atoms with van der Waals surface area (Å²) in [6.07, 6.45) is 2.24. The Morgan fingerprint density at radius 3 is 2.78 bits per heavy atom. The van der Waals surface area contributed by atoms with Crippen molar-refractivity contribution in [2.24, 2.45) is 0 Å². The highest BCUT2D eigenvalue weighted by molar-refractivity contribution is 8.02. The van der Waals surface area contributed by atoms with Crippen molar-refractivity contribution in [3.8, 4) is 10.6 Å². The summed E-state index contributed by atoms with van der Waals surface area (Å²) in [5.74, 6) is -0.258. The number of esters is 1. The maximum Gasteiger partial charge on any atom is 0.318 e. The van der Waals surface area contributed by atoms with Crippen molar-refractivity contribution in [2.45, 2.75) is 56.7 Å². The highest BCUT2D eigenvalue weighted by Crippen LogP contribution is 2.34. The molecule has 1 atom stereocenters. The lowest BCUT2D eigenvalue weighted by molar-refractivity contribution is -0.139. The minimum absolute atomic E-state index is 0.258. The number of carbonyl (C=O) groups excluding carboxylic acids is 1. The Morgan fingerprint density at radius 2 is 2.13 bits per heavy atom. The Balaban J connectivity index is 2.20. The third kappa shape index (κ3) is 4.11. The normalized spacial score (nSPS) is 12.4. The topological polar surface area (TPSA) is 69.9 Å². The first-order chi connectivity index (χ1) is 11.0. The van der Waals surface area contributed by atoms with E-state index in [0.29, 0.717) is 0 Å². The van der Waals surface area contributed by atoms with E-state index in [0.717, 1.165) is 45.7 Å². The Morgan fingerprint density at radius 1 is 1.39 bits per heavy atom. The molecule has 0 bridgehead atoms. The van der Waals surface area contributed by atoms with E-state index in [1.165, 1.54) is 30.2 Å². The summed E-state index contributed by atoms with van der Waals surface area (Å²) >= 11 is 2.85. The molecule has 0 saturated carbocycles. The lowest BCUT2D eigenvalue weighted by atomic mass is 10.2. The first kappa shape index (κ1) is 17.9. The van der Waals surface area contributed by atoms with E-state index >= 15 is 0 Å². The molecule has 0 saturated heterocycles. The highest BCUT2D eigenvalue weighted by Gasteiger charge is 2.21. The maximum atomic E-state index is 11.5. The van der Waals surface area contributed by atoms with E-state index in [9.17, 15) is 4.79 Å². The van der Waals surface area contributed by atoms with Gasteiger partial charge in [-0.2, -0.15) is 5.10 Å². The predicted molar refractivity (Wildman–Crippen MR) is 92.8 cm³/mol. The van der Waals surface area contributed by atoms with Gasteiger partial charge < -0.3 is 4.74 Å². The van der Waals surface area contributed by atoms with Crippen molar-refractivity contribution in [2.75, 3.05) is 7.11 Å². The molecule has 1 unspecified atom stereocenters. The third-order valence-electron chi connectivity index (χ3n) is 3.54. The molecule has 0 amide bonds. The van der Waals surface area contributed by atoms with Crippen LogP contribution in [0, 0.1) is 13.8 Å². The van der Waals surface area contributed by atoms with Gasteiger partial charge in [0.1, 0.15) is 5.25 Å². The number of rotatable bonds is 7. The molecule has 6 nitrogen and oxygen atoms in total. The molecule has 2 aromatic heterocycles. The molecular formula is C15H22N4O2S2. The zero-order chi connectivity index (χ0) is 17.0. The largest absolute Gasteiger partial charge is 0.468 e. The SMILES string of the molecule is CCCCn1nc(C)c(-c2nnc(SC(C)C(=O)OC)s2)c1C. The summed E-state index contributed by atoms with van der Waals surface area (Å²) in [6, 6.07) is 0. The minimum atomic E-state index is -0.296.